The summed E-state index contributed by atoms with van der Waals surface area (Å²) in [6.07, 6.45) is 6.21. The standard InChI is InChI=1S/C27H27N8/c1-16-10-12-18-20(14-16)30-26-24(28-18)32(3)22(34(26)5)8-7-9-23-33(4)25-27(35(23)6)31-21-15-17(2)11-13-19(21)29-25/h7-15H,1-6H3/q+1. The first-order chi connectivity index (χ1) is 16.8. The second-order valence-corrected chi connectivity index (χ2v) is 9.20. The van der Waals surface area contributed by atoms with E-state index in [0.717, 1.165) is 56.6 Å². The summed E-state index contributed by atoms with van der Waals surface area (Å²) in [5.74, 6) is 3.72. The fraction of sp³-hybridized carbons (Fsp3) is 0.222. The van der Waals surface area contributed by atoms with E-state index < -0.39 is 0 Å². The lowest BCUT2D eigenvalue weighted by molar-refractivity contribution is -0.649. The van der Waals surface area contributed by atoms with Gasteiger partial charge in [-0.3, -0.25) is 0 Å². The number of benzene rings is 2. The van der Waals surface area contributed by atoms with Crippen molar-refractivity contribution in [2.24, 2.45) is 14.1 Å². The lowest BCUT2D eigenvalue weighted by atomic mass is 10.2. The third-order valence-corrected chi connectivity index (χ3v) is 6.70. The average Bonchev–Trinajstić information content (AvgIpc) is 3.21. The molecule has 0 atom stereocenters. The van der Waals surface area contributed by atoms with Crippen molar-refractivity contribution in [3.63, 3.8) is 0 Å². The van der Waals surface area contributed by atoms with Crippen LogP contribution in [-0.2, 0) is 14.1 Å². The Balaban J connectivity index is 1.38. The number of aryl methyl sites for hydroxylation is 4. The maximum absolute atomic E-state index is 4.89. The molecule has 0 aliphatic carbocycles. The Hall–Kier alpha value is -4.33. The topological polar surface area (TPSA) is 66.9 Å². The molecule has 5 aromatic rings. The maximum Gasteiger partial charge on any atom is 0.322 e. The van der Waals surface area contributed by atoms with E-state index in [1.165, 1.54) is 11.1 Å². The van der Waals surface area contributed by atoms with Crippen LogP contribution in [0.25, 0.3) is 39.4 Å². The molecule has 0 fully saturated rings. The van der Waals surface area contributed by atoms with Crippen molar-refractivity contribution in [3.05, 3.63) is 71.3 Å². The van der Waals surface area contributed by atoms with Gasteiger partial charge in [-0.2, -0.15) is 0 Å². The molecule has 35 heavy (non-hydrogen) atoms. The molecule has 8 nitrogen and oxygen atoms in total. The largest absolute Gasteiger partial charge is 0.322 e. The number of hydrogen-bond donors (Lipinski definition) is 0. The predicted octanol–water partition coefficient (Wildman–Crippen LogP) is 3.95. The van der Waals surface area contributed by atoms with Crippen LogP contribution in [0.2, 0.25) is 0 Å². The lowest BCUT2D eigenvalue weighted by Crippen LogP contribution is -2.31. The number of nitrogens with zero attached hydrogens (tertiary/aromatic N) is 8. The number of aromatic nitrogens is 6. The van der Waals surface area contributed by atoms with Gasteiger partial charge in [-0.05, 0) is 55.3 Å². The number of fused-ring (bicyclic) bond motifs is 4. The molecule has 0 bridgehead atoms. The lowest BCUT2D eigenvalue weighted by Gasteiger charge is -2.16. The molecule has 4 heterocycles. The van der Waals surface area contributed by atoms with E-state index >= 15 is 0 Å². The molecule has 0 unspecified atom stereocenters. The van der Waals surface area contributed by atoms with Gasteiger partial charge in [-0.15, -0.1) is 0 Å². The number of anilines is 2. The number of hydrogen-bond acceptors (Lipinski definition) is 6. The van der Waals surface area contributed by atoms with Gasteiger partial charge in [0.05, 0.1) is 25.1 Å². The molecule has 0 spiro atoms. The summed E-state index contributed by atoms with van der Waals surface area (Å²) in [5.41, 5.74) is 7.68. The monoisotopic (exact) mass is 463 g/mol. The van der Waals surface area contributed by atoms with Crippen molar-refractivity contribution in [2.45, 2.75) is 13.8 Å². The molecule has 0 N–H and O–H groups in total. The van der Waals surface area contributed by atoms with E-state index in [1.807, 2.05) is 40.3 Å². The van der Waals surface area contributed by atoms with Gasteiger partial charge >= 0.3 is 5.65 Å². The second-order valence-electron chi connectivity index (χ2n) is 9.20. The highest BCUT2D eigenvalue weighted by atomic mass is 15.4. The summed E-state index contributed by atoms with van der Waals surface area (Å²) < 4.78 is 4.15. The SMILES string of the molecule is Cc1ccc2nc3c(nc2c1)N(C)/C(=C\C=C\c1n(C)c2nc4cc(C)ccc4nc2[n+]1C)N3C. The first-order valence-corrected chi connectivity index (χ1v) is 11.6. The fourth-order valence-electron chi connectivity index (χ4n) is 4.74. The third kappa shape index (κ3) is 3.24. The molecular weight excluding hydrogens is 436 g/mol. The normalized spacial score (nSPS) is 15.0. The summed E-state index contributed by atoms with van der Waals surface area (Å²) in [7, 11) is 8.09. The molecular formula is C27H27N8+. The van der Waals surface area contributed by atoms with Gasteiger partial charge in [0.15, 0.2) is 17.2 Å². The zero-order valence-electron chi connectivity index (χ0n) is 20.8. The van der Waals surface area contributed by atoms with Crippen LogP contribution in [0.3, 0.4) is 0 Å². The van der Waals surface area contributed by atoms with E-state index in [4.69, 9.17) is 19.9 Å². The van der Waals surface area contributed by atoms with Gasteiger partial charge in [0, 0.05) is 20.2 Å². The predicted molar refractivity (Wildman–Crippen MR) is 140 cm³/mol. The fourth-order valence-corrected chi connectivity index (χ4v) is 4.74. The van der Waals surface area contributed by atoms with E-state index in [-0.39, 0.29) is 0 Å². The molecule has 0 saturated heterocycles. The molecule has 0 radical (unpaired) electrons. The highest BCUT2D eigenvalue weighted by molar-refractivity contribution is 5.86. The number of rotatable bonds is 2. The summed E-state index contributed by atoms with van der Waals surface area (Å²) in [6, 6.07) is 12.3. The Bertz CT molecular complexity index is 1730. The maximum atomic E-state index is 4.89. The van der Waals surface area contributed by atoms with Gasteiger partial charge in [0.1, 0.15) is 11.3 Å². The molecule has 1 aliphatic heterocycles. The Morgan fingerprint density at radius 3 is 1.97 bits per heavy atom. The Labute approximate surface area is 203 Å². The molecule has 0 amide bonds. The summed E-state index contributed by atoms with van der Waals surface area (Å²) in [4.78, 5) is 23.7. The van der Waals surface area contributed by atoms with E-state index in [2.05, 4.69) is 75.3 Å². The van der Waals surface area contributed by atoms with Crippen molar-refractivity contribution in [2.75, 3.05) is 23.9 Å². The van der Waals surface area contributed by atoms with Crippen molar-refractivity contribution in [1.82, 2.24) is 24.5 Å². The summed E-state index contributed by atoms with van der Waals surface area (Å²) in [6.45, 7) is 4.14. The van der Waals surface area contributed by atoms with Crippen LogP contribution in [-0.4, -0.2) is 38.6 Å². The zero-order valence-corrected chi connectivity index (χ0v) is 20.8. The molecule has 8 heteroatoms. The van der Waals surface area contributed by atoms with Gasteiger partial charge in [-0.25, -0.2) is 24.1 Å². The Morgan fingerprint density at radius 2 is 1.31 bits per heavy atom. The van der Waals surface area contributed by atoms with Crippen molar-refractivity contribution >= 4 is 51.1 Å². The average molecular weight is 464 g/mol. The molecule has 0 saturated carbocycles. The van der Waals surface area contributed by atoms with Crippen LogP contribution in [0, 0.1) is 13.8 Å². The molecule has 174 valence electrons. The summed E-state index contributed by atoms with van der Waals surface area (Å²) >= 11 is 0. The van der Waals surface area contributed by atoms with Gasteiger partial charge < -0.3 is 9.80 Å². The number of imidazole rings is 1. The van der Waals surface area contributed by atoms with Crippen LogP contribution in [0.1, 0.15) is 17.0 Å². The van der Waals surface area contributed by atoms with Gasteiger partial charge in [0.25, 0.3) is 5.65 Å². The minimum absolute atomic E-state index is 0.856. The number of allylic oxidation sites excluding steroid dienone is 2. The van der Waals surface area contributed by atoms with Gasteiger partial charge in [0.2, 0.25) is 5.82 Å². The minimum atomic E-state index is 0.856. The molecule has 1 aliphatic rings. The van der Waals surface area contributed by atoms with Crippen LogP contribution >= 0.6 is 0 Å². The zero-order chi connectivity index (χ0) is 24.4. The smallest absolute Gasteiger partial charge is 0.312 e. The van der Waals surface area contributed by atoms with Crippen LogP contribution in [0.15, 0.2) is 54.4 Å². The Kier molecular flexibility index (Phi) is 4.60. The molecule has 6 rings (SSSR count). The highest BCUT2D eigenvalue weighted by Gasteiger charge is 2.29. The third-order valence-electron chi connectivity index (χ3n) is 6.70. The Morgan fingerprint density at radius 1 is 0.743 bits per heavy atom. The molecule has 3 aromatic heterocycles. The van der Waals surface area contributed by atoms with Crippen molar-refractivity contribution in [1.29, 1.82) is 0 Å². The van der Waals surface area contributed by atoms with Crippen LogP contribution in [0.5, 0.6) is 0 Å². The van der Waals surface area contributed by atoms with Crippen LogP contribution < -0.4 is 14.4 Å². The quantitative estimate of drug-likeness (QED) is 0.370. The molecule has 2 aromatic carbocycles. The van der Waals surface area contributed by atoms with Gasteiger partial charge in [-0.1, -0.05) is 23.2 Å². The second kappa shape index (κ2) is 7.59. The first-order valence-electron chi connectivity index (χ1n) is 11.6. The van der Waals surface area contributed by atoms with E-state index in [9.17, 15) is 0 Å². The van der Waals surface area contributed by atoms with E-state index in [0.29, 0.717) is 0 Å². The van der Waals surface area contributed by atoms with E-state index in [1.54, 1.807) is 0 Å². The first kappa shape index (κ1) is 21.2. The minimum Gasteiger partial charge on any atom is -0.312 e. The van der Waals surface area contributed by atoms with Crippen molar-refractivity contribution in [3.8, 4) is 0 Å². The van der Waals surface area contributed by atoms with Crippen LogP contribution in [0.4, 0.5) is 11.6 Å². The summed E-state index contributed by atoms with van der Waals surface area (Å²) in [5, 5.41) is 0. The van der Waals surface area contributed by atoms with Crippen molar-refractivity contribution < 1.29 is 4.57 Å². The highest BCUT2D eigenvalue weighted by Crippen LogP contribution is 2.37.